The van der Waals surface area contributed by atoms with Crippen molar-refractivity contribution in [3.05, 3.63) is 96.4 Å². The van der Waals surface area contributed by atoms with Crippen LogP contribution in [0.15, 0.2) is 85.1 Å². The lowest BCUT2D eigenvalue weighted by atomic mass is 10.1. The third-order valence-corrected chi connectivity index (χ3v) is 4.52. The Morgan fingerprint density at radius 3 is 2.36 bits per heavy atom. The zero-order valence-corrected chi connectivity index (χ0v) is 14.8. The number of ether oxygens (including phenoxy) is 1. The van der Waals surface area contributed by atoms with E-state index >= 15 is 0 Å². The van der Waals surface area contributed by atoms with Gasteiger partial charge in [0.15, 0.2) is 0 Å². The number of para-hydroxylation sites is 1. The molecule has 0 amide bonds. The fraction of sp³-hybridized carbons (Fsp3) is 0. The molecular weight excluding hydrogens is 350 g/mol. The van der Waals surface area contributed by atoms with Gasteiger partial charge in [-0.1, -0.05) is 48.5 Å². The molecule has 0 saturated carbocycles. The van der Waals surface area contributed by atoms with Crippen molar-refractivity contribution >= 4 is 27.7 Å². The molecule has 3 aromatic carbocycles. The smallest absolute Gasteiger partial charge is 0.230 e. The summed E-state index contributed by atoms with van der Waals surface area (Å²) in [6.45, 7) is 0. The molecule has 28 heavy (non-hydrogen) atoms. The number of ketones is 1. The molecule has 5 heteroatoms. The summed E-state index contributed by atoms with van der Waals surface area (Å²) in [5.41, 5.74) is 2.95. The maximum Gasteiger partial charge on any atom is 0.230 e. The number of aromatic nitrogens is 3. The minimum atomic E-state index is -0.200. The molecule has 0 atom stereocenters. The number of H-pyrrole nitrogens is 1. The Morgan fingerprint density at radius 2 is 1.57 bits per heavy atom. The Morgan fingerprint density at radius 1 is 0.821 bits per heavy atom. The number of aromatic amines is 1. The Labute approximate surface area is 160 Å². The predicted molar refractivity (Wildman–Crippen MR) is 108 cm³/mol. The van der Waals surface area contributed by atoms with Crippen LogP contribution in [-0.4, -0.2) is 20.7 Å². The number of carbonyl (C=O) groups excluding carboxylic acids is 1. The van der Waals surface area contributed by atoms with Gasteiger partial charge >= 0.3 is 0 Å². The zero-order chi connectivity index (χ0) is 18.9. The Balaban J connectivity index is 1.58. The second-order valence-corrected chi connectivity index (χ2v) is 6.40. The van der Waals surface area contributed by atoms with Crippen LogP contribution in [-0.2, 0) is 0 Å². The molecule has 0 unspecified atom stereocenters. The summed E-state index contributed by atoms with van der Waals surface area (Å²) in [6.07, 6.45) is 1.65. The van der Waals surface area contributed by atoms with Crippen molar-refractivity contribution in [2.24, 2.45) is 0 Å². The van der Waals surface area contributed by atoms with Crippen molar-refractivity contribution in [2.45, 2.75) is 0 Å². The number of hydrogen-bond donors (Lipinski definition) is 1. The molecule has 2 aromatic heterocycles. The summed E-state index contributed by atoms with van der Waals surface area (Å²) in [5.74, 6) is 1.44. The van der Waals surface area contributed by atoms with Crippen molar-refractivity contribution in [3.8, 4) is 11.5 Å². The van der Waals surface area contributed by atoms with Gasteiger partial charge in [-0.3, -0.25) is 4.79 Å². The summed E-state index contributed by atoms with van der Waals surface area (Å²) in [6, 6.07) is 24.4. The van der Waals surface area contributed by atoms with E-state index in [0.717, 1.165) is 22.2 Å². The number of rotatable bonds is 4. The van der Waals surface area contributed by atoms with Crippen LogP contribution in [0.1, 0.15) is 16.2 Å². The first-order chi connectivity index (χ1) is 13.8. The van der Waals surface area contributed by atoms with Crippen molar-refractivity contribution in [2.75, 3.05) is 0 Å². The third-order valence-electron chi connectivity index (χ3n) is 4.52. The minimum Gasteiger partial charge on any atom is -0.457 e. The number of carbonyl (C=O) groups is 1. The molecule has 0 aliphatic heterocycles. The molecule has 5 rings (SSSR count). The molecule has 0 aliphatic rings. The molecule has 134 valence electrons. The average Bonchev–Trinajstić information content (AvgIpc) is 3.12. The van der Waals surface area contributed by atoms with Gasteiger partial charge in [0.2, 0.25) is 11.6 Å². The summed E-state index contributed by atoms with van der Waals surface area (Å²) in [4.78, 5) is 24.8. The molecule has 0 saturated heterocycles. The second-order valence-electron chi connectivity index (χ2n) is 6.40. The van der Waals surface area contributed by atoms with Crippen LogP contribution >= 0.6 is 0 Å². The van der Waals surface area contributed by atoms with Gasteiger partial charge in [-0.2, -0.15) is 0 Å². The number of fused-ring (bicyclic) bond motifs is 3. The summed E-state index contributed by atoms with van der Waals surface area (Å²) >= 11 is 0. The van der Waals surface area contributed by atoms with E-state index in [0.29, 0.717) is 16.8 Å². The van der Waals surface area contributed by atoms with Crippen LogP contribution in [0.3, 0.4) is 0 Å². The van der Waals surface area contributed by atoms with E-state index < -0.39 is 0 Å². The minimum absolute atomic E-state index is 0.175. The maximum absolute atomic E-state index is 12.7. The lowest BCUT2D eigenvalue weighted by Gasteiger charge is -2.05. The van der Waals surface area contributed by atoms with E-state index in [1.54, 1.807) is 18.3 Å². The Hall–Kier alpha value is -3.99. The monoisotopic (exact) mass is 365 g/mol. The molecular formula is C23H15N3O2. The highest BCUT2D eigenvalue weighted by atomic mass is 16.5. The van der Waals surface area contributed by atoms with E-state index in [2.05, 4.69) is 15.0 Å². The molecule has 1 N–H and O–H groups in total. The first kappa shape index (κ1) is 16.2. The number of nitrogens with zero attached hydrogens (tertiary/aromatic N) is 2. The molecule has 5 nitrogen and oxygen atoms in total. The van der Waals surface area contributed by atoms with Crippen molar-refractivity contribution in [3.63, 3.8) is 0 Å². The van der Waals surface area contributed by atoms with Gasteiger partial charge in [0.25, 0.3) is 0 Å². The lowest BCUT2D eigenvalue weighted by Crippen LogP contribution is -2.06. The summed E-state index contributed by atoms with van der Waals surface area (Å²) in [5, 5.41) is 0.882. The highest BCUT2D eigenvalue weighted by molar-refractivity contribution is 6.10. The average molecular weight is 365 g/mol. The maximum atomic E-state index is 12.7. The van der Waals surface area contributed by atoms with E-state index in [1.807, 2.05) is 66.7 Å². The fourth-order valence-corrected chi connectivity index (χ4v) is 3.17. The SMILES string of the molecule is O=C(c1ccccc1)c1ncc2[nH]c3ccc(Oc4ccccc4)cc3c2n1. The topological polar surface area (TPSA) is 67.9 Å². The van der Waals surface area contributed by atoms with Crippen LogP contribution in [0, 0.1) is 0 Å². The van der Waals surface area contributed by atoms with E-state index in [1.165, 1.54) is 0 Å². The first-order valence-corrected chi connectivity index (χ1v) is 8.89. The zero-order valence-electron chi connectivity index (χ0n) is 14.8. The molecule has 2 heterocycles. The van der Waals surface area contributed by atoms with Crippen LogP contribution < -0.4 is 4.74 Å². The van der Waals surface area contributed by atoms with Gasteiger partial charge in [0.05, 0.1) is 11.7 Å². The fourth-order valence-electron chi connectivity index (χ4n) is 3.17. The number of benzene rings is 3. The van der Waals surface area contributed by atoms with Crippen LogP contribution in [0.5, 0.6) is 11.5 Å². The largest absolute Gasteiger partial charge is 0.457 e. The second kappa shape index (κ2) is 6.63. The highest BCUT2D eigenvalue weighted by Crippen LogP contribution is 2.29. The van der Waals surface area contributed by atoms with Gasteiger partial charge in [-0.25, -0.2) is 9.97 Å². The molecule has 0 bridgehead atoms. The first-order valence-electron chi connectivity index (χ1n) is 8.89. The van der Waals surface area contributed by atoms with E-state index in [4.69, 9.17) is 4.74 Å². The third kappa shape index (κ3) is 2.89. The van der Waals surface area contributed by atoms with E-state index in [9.17, 15) is 4.79 Å². The van der Waals surface area contributed by atoms with Gasteiger partial charge in [0.1, 0.15) is 17.0 Å². The van der Waals surface area contributed by atoms with E-state index in [-0.39, 0.29) is 11.6 Å². The Bertz CT molecular complexity index is 1300. The van der Waals surface area contributed by atoms with Crippen LogP contribution in [0.25, 0.3) is 21.9 Å². The molecule has 0 spiro atoms. The van der Waals surface area contributed by atoms with Gasteiger partial charge in [0, 0.05) is 16.5 Å². The van der Waals surface area contributed by atoms with Crippen molar-refractivity contribution in [1.29, 1.82) is 0 Å². The molecule has 5 aromatic rings. The van der Waals surface area contributed by atoms with Gasteiger partial charge < -0.3 is 9.72 Å². The van der Waals surface area contributed by atoms with Crippen molar-refractivity contribution < 1.29 is 9.53 Å². The predicted octanol–water partition coefficient (Wildman–Crippen LogP) is 5.13. The van der Waals surface area contributed by atoms with Gasteiger partial charge in [-0.15, -0.1) is 0 Å². The number of nitrogens with one attached hydrogen (secondary N) is 1. The van der Waals surface area contributed by atoms with Crippen LogP contribution in [0.4, 0.5) is 0 Å². The summed E-state index contributed by atoms with van der Waals surface area (Å²) < 4.78 is 5.93. The molecule has 0 aliphatic carbocycles. The molecule has 0 fully saturated rings. The number of hydrogen-bond acceptors (Lipinski definition) is 4. The van der Waals surface area contributed by atoms with Crippen LogP contribution in [0.2, 0.25) is 0 Å². The van der Waals surface area contributed by atoms with Gasteiger partial charge in [-0.05, 0) is 30.3 Å². The lowest BCUT2D eigenvalue weighted by molar-refractivity contribution is 0.102. The standard InChI is InChI=1S/C23H15N3O2/c27-22(15-7-3-1-4-8-15)23-24-14-20-21(26-23)18-13-17(11-12-19(18)25-20)28-16-9-5-2-6-10-16/h1-14,25H. The van der Waals surface area contributed by atoms with Crippen molar-refractivity contribution in [1.82, 2.24) is 15.0 Å². The highest BCUT2D eigenvalue weighted by Gasteiger charge is 2.15. The normalized spacial score (nSPS) is 11.0. The summed E-state index contributed by atoms with van der Waals surface area (Å²) in [7, 11) is 0. The molecule has 0 radical (unpaired) electrons. The quantitative estimate of drug-likeness (QED) is 0.448. The Kier molecular flexibility index (Phi) is 3.84.